The molecule has 3 aromatic rings. The molecule has 3 N–H and O–H groups in total. The van der Waals surface area contributed by atoms with Crippen molar-refractivity contribution in [3.8, 4) is 0 Å². The Bertz CT molecular complexity index is 1170. The number of aromatic amines is 1. The molecule has 1 amide bonds. The van der Waals surface area contributed by atoms with E-state index in [1.54, 1.807) is 6.21 Å². The second-order valence-electron chi connectivity index (χ2n) is 7.23. The molecule has 0 radical (unpaired) electrons. The minimum absolute atomic E-state index is 0.127. The molecule has 0 saturated carbocycles. The summed E-state index contributed by atoms with van der Waals surface area (Å²) >= 11 is 8.06. The Morgan fingerprint density at radius 1 is 1.38 bits per heavy atom. The molecular formula is C20H19ClN6OS. The van der Waals surface area contributed by atoms with Crippen molar-refractivity contribution in [1.82, 2.24) is 15.0 Å². The van der Waals surface area contributed by atoms with Gasteiger partial charge >= 0.3 is 0 Å². The van der Waals surface area contributed by atoms with Crippen LogP contribution < -0.4 is 10.6 Å². The summed E-state index contributed by atoms with van der Waals surface area (Å²) in [5.74, 6) is 0.598. The highest BCUT2D eigenvalue weighted by molar-refractivity contribution is 7.99. The Kier molecular flexibility index (Phi) is 4.57. The lowest BCUT2D eigenvalue weighted by atomic mass is 10.1. The number of benzene rings is 1. The predicted octanol–water partition coefficient (Wildman–Crippen LogP) is 3.44. The molecule has 5 rings (SSSR count). The monoisotopic (exact) mass is 426 g/mol. The van der Waals surface area contributed by atoms with Crippen LogP contribution in [0.3, 0.4) is 0 Å². The van der Waals surface area contributed by atoms with Crippen LogP contribution in [0.15, 0.2) is 33.2 Å². The number of nitrogens with two attached hydrogens (primary N) is 1. The Labute approximate surface area is 176 Å². The third-order valence-electron chi connectivity index (χ3n) is 5.29. The molecule has 9 heteroatoms. The van der Waals surface area contributed by atoms with E-state index >= 15 is 0 Å². The van der Waals surface area contributed by atoms with Crippen LogP contribution in [0.4, 0.5) is 5.82 Å². The molecule has 0 bridgehead atoms. The SMILES string of the molecule is CCc1[nH]c2nc(Sc3ccc4c(c3)C(=O)N=C4)nc(N3CC[C@@H](N)C3)c2c1Cl. The molecule has 0 aliphatic carbocycles. The van der Waals surface area contributed by atoms with Gasteiger partial charge in [0.2, 0.25) is 0 Å². The van der Waals surface area contributed by atoms with Crippen LogP contribution in [0.25, 0.3) is 11.0 Å². The van der Waals surface area contributed by atoms with Crippen molar-refractivity contribution in [3.63, 3.8) is 0 Å². The van der Waals surface area contributed by atoms with Gasteiger partial charge in [-0.15, -0.1) is 0 Å². The van der Waals surface area contributed by atoms with Gasteiger partial charge in [0.05, 0.1) is 16.0 Å². The first-order valence-corrected chi connectivity index (χ1v) is 10.7. The maximum Gasteiger partial charge on any atom is 0.277 e. The second kappa shape index (κ2) is 7.12. The molecule has 2 aromatic heterocycles. The average molecular weight is 427 g/mol. The summed E-state index contributed by atoms with van der Waals surface area (Å²) in [5, 5.41) is 2.12. The molecule has 148 valence electrons. The van der Waals surface area contributed by atoms with E-state index in [1.807, 2.05) is 18.2 Å². The number of nitrogens with zero attached hydrogens (tertiary/aromatic N) is 4. The van der Waals surface area contributed by atoms with Crippen LogP contribution in [-0.4, -0.2) is 46.2 Å². The van der Waals surface area contributed by atoms with Crippen LogP contribution in [0, 0.1) is 0 Å². The minimum Gasteiger partial charge on any atom is -0.354 e. The number of halogens is 1. The Morgan fingerprint density at radius 2 is 2.24 bits per heavy atom. The highest BCUT2D eigenvalue weighted by atomic mass is 35.5. The first-order valence-electron chi connectivity index (χ1n) is 9.52. The van der Waals surface area contributed by atoms with Crippen LogP contribution in [0.1, 0.15) is 35.0 Å². The molecule has 1 aromatic carbocycles. The number of rotatable bonds is 4. The van der Waals surface area contributed by atoms with Gasteiger partial charge in [-0.05, 0) is 36.7 Å². The number of fused-ring (bicyclic) bond motifs is 2. The first kappa shape index (κ1) is 18.6. The molecule has 1 atom stereocenters. The molecule has 2 aliphatic rings. The number of hydrogen-bond acceptors (Lipinski definition) is 6. The number of amides is 1. The van der Waals surface area contributed by atoms with Crippen molar-refractivity contribution in [1.29, 1.82) is 0 Å². The van der Waals surface area contributed by atoms with Gasteiger partial charge < -0.3 is 15.6 Å². The second-order valence-corrected chi connectivity index (χ2v) is 8.65. The van der Waals surface area contributed by atoms with Crippen LogP contribution in [-0.2, 0) is 6.42 Å². The number of H-pyrrole nitrogens is 1. The van der Waals surface area contributed by atoms with Gasteiger partial charge in [-0.1, -0.05) is 24.6 Å². The number of nitrogens with one attached hydrogen (secondary N) is 1. The zero-order chi connectivity index (χ0) is 20.1. The van der Waals surface area contributed by atoms with Crippen molar-refractivity contribution in [2.24, 2.45) is 10.7 Å². The van der Waals surface area contributed by atoms with Gasteiger partial charge in [-0.3, -0.25) is 4.79 Å². The number of anilines is 1. The fraction of sp³-hybridized carbons (Fsp3) is 0.300. The Hall–Kier alpha value is -2.42. The van der Waals surface area contributed by atoms with Gasteiger partial charge in [0.25, 0.3) is 5.91 Å². The summed E-state index contributed by atoms with van der Waals surface area (Å²) < 4.78 is 0. The normalized spacial score (nSPS) is 18.2. The molecule has 29 heavy (non-hydrogen) atoms. The van der Waals surface area contributed by atoms with Crippen molar-refractivity contribution in [3.05, 3.63) is 40.0 Å². The summed E-state index contributed by atoms with van der Waals surface area (Å²) in [6, 6.07) is 5.81. The highest BCUT2D eigenvalue weighted by Crippen LogP contribution is 2.38. The quantitative estimate of drug-likeness (QED) is 0.620. The van der Waals surface area contributed by atoms with Crippen molar-refractivity contribution in [2.75, 3.05) is 18.0 Å². The minimum atomic E-state index is -0.214. The lowest BCUT2D eigenvalue weighted by molar-refractivity contribution is 0.101. The zero-order valence-corrected chi connectivity index (χ0v) is 17.3. The lowest BCUT2D eigenvalue weighted by Gasteiger charge is -2.18. The summed E-state index contributed by atoms with van der Waals surface area (Å²) in [4.78, 5) is 31.7. The van der Waals surface area contributed by atoms with Crippen LogP contribution in [0.5, 0.6) is 0 Å². The number of carbonyl (C=O) groups is 1. The number of aliphatic imine (C=N–C) groups is 1. The molecule has 1 saturated heterocycles. The molecule has 2 aliphatic heterocycles. The maximum atomic E-state index is 11.9. The standard InChI is InChI=1S/C20H19ClN6OS/c1-2-14-16(21)15-17(24-14)25-20(26-18(15)27-6-5-11(22)9-27)29-12-4-3-10-8-23-19(28)13(10)7-12/h3-4,7-8,11H,2,5-6,9,22H2,1H3,(H,24,25,26)/t11-/m1/s1. The van der Waals surface area contributed by atoms with E-state index in [0.29, 0.717) is 15.7 Å². The van der Waals surface area contributed by atoms with E-state index in [-0.39, 0.29) is 11.9 Å². The third-order valence-corrected chi connectivity index (χ3v) is 6.56. The summed E-state index contributed by atoms with van der Waals surface area (Å²) in [5.41, 5.74) is 9.25. The smallest absolute Gasteiger partial charge is 0.277 e. The number of hydrogen-bond donors (Lipinski definition) is 2. The Balaban J connectivity index is 1.58. The summed E-state index contributed by atoms with van der Waals surface area (Å²) in [6.45, 7) is 3.63. The lowest BCUT2D eigenvalue weighted by Crippen LogP contribution is -2.27. The third kappa shape index (κ3) is 3.21. The van der Waals surface area contributed by atoms with Gasteiger partial charge in [0, 0.05) is 41.5 Å². The fourth-order valence-electron chi connectivity index (χ4n) is 3.77. The summed E-state index contributed by atoms with van der Waals surface area (Å²) in [7, 11) is 0. The average Bonchev–Trinajstić information content (AvgIpc) is 3.39. The van der Waals surface area contributed by atoms with Gasteiger partial charge in [0.15, 0.2) is 5.16 Å². The molecular weight excluding hydrogens is 408 g/mol. The topological polar surface area (TPSA) is 100 Å². The number of aromatic nitrogens is 3. The fourth-order valence-corrected chi connectivity index (χ4v) is 4.92. The Morgan fingerprint density at radius 3 is 3.00 bits per heavy atom. The van der Waals surface area contributed by atoms with Crippen molar-refractivity contribution < 1.29 is 4.79 Å². The number of carbonyl (C=O) groups excluding carboxylic acids is 1. The van der Waals surface area contributed by atoms with E-state index in [2.05, 4.69) is 21.8 Å². The van der Waals surface area contributed by atoms with E-state index < -0.39 is 0 Å². The van der Waals surface area contributed by atoms with Gasteiger partial charge in [-0.25, -0.2) is 15.0 Å². The van der Waals surface area contributed by atoms with E-state index in [0.717, 1.165) is 58.9 Å². The first-order chi connectivity index (χ1) is 14.0. The summed E-state index contributed by atoms with van der Waals surface area (Å²) in [6.07, 6.45) is 3.30. The highest BCUT2D eigenvalue weighted by Gasteiger charge is 2.26. The van der Waals surface area contributed by atoms with E-state index in [1.165, 1.54) is 11.8 Å². The number of aryl methyl sites for hydroxylation is 1. The van der Waals surface area contributed by atoms with Crippen molar-refractivity contribution >= 4 is 52.3 Å². The van der Waals surface area contributed by atoms with E-state index in [4.69, 9.17) is 27.3 Å². The predicted molar refractivity (Wildman–Crippen MR) is 116 cm³/mol. The maximum absolute atomic E-state index is 11.9. The zero-order valence-electron chi connectivity index (χ0n) is 15.8. The molecule has 7 nitrogen and oxygen atoms in total. The van der Waals surface area contributed by atoms with Gasteiger partial charge in [-0.2, -0.15) is 0 Å². The molecule has 0 unspecified atom stereocenters. The van der Waals surface area contributed by atoms with Crippen LogP contribution >= 0.6 is 23.4 Å². The van der Waals surface area contributed by atoms with Crippen LogP contribution in [0.2, 0.25) is 5.02 Å². The molecule has 4 heterocycles. The van der Waals surface area contributed by atoms with E-state index in [9.17, 15) is 4.79 Å². The molecule has 0 spiro atoms. The van der Waals surface area contributed by atoms with Crippen molar-refractivity contribution in [2.45, 2.75) is 35.9 Å². The van der Waals surface area contributed by atoms with Gasteiger partial charge in [0.1, 0.15) is 11.5 Å². The largest absolute Gasteiger partial charge is 0.354 e. The molecule has 1 fully saturated rings.